The van der Waals surface area contributed by atoms with E-state index in [1.807, 2.05) is 0 Å². The molecule has 1 unspecified atom stereocenters. The van der Waals surface area contributed by atoms with Crippen LogP contribution in [-0.4, -0.2) is 47.7 Å². The van der Waals surface area contributed by atoms with E-state index in [4.69, 9.17) is 4.99 Å². The highest BCUT2D eigenvalue weighted by Crippen LogP contribution is 2.29. The van der Waals surface area contributed by atoms with Gasteiger partial charge in [0.25, 0.3) is 0 Å². The molecule has 4 heteroatoms. The molecule has 0 bridgehead atoms. The lowest BCUT2D eigenvalue weighted by Gasteiger charge is -2.34. The molecule has 2 rings (SSSR count). The Balaban J connectivity index is 1.97. The molecule has 1 aliphatic carbocycles. The molecule has 1 aliphatic heterocycles. The SMILES string of the molecule is CCNC(=NCC1(O)CCCC1)N1CCCC(C)C1. The standard InChI is InChI=1S/C15H29N3O/c1-3-16-14(18-10-6-7-13(2)11-18)17-12-15(19)8-4-5-9-15/h13,19H,3-12H2,1-2H3,(H,16,17). The summed E-state index contributed by atoms with van der Waals surface area (Å²) in [4.78, 5) is 7.06. The van der Waals surface area contributed by atoms with Crippen molar-refractivity contribution in [3.05, 3.63) is 0 Å². The van der Waals surface area contributed by atoms with Crippen LogP contribution in [0.15, 0.2) is 4.99 Å². The van der Waals surface area contributed by atoms with E-state index in [1.165, 1.54) is 12.8 Å². The van der Waals surface area contributed by atoms with Crippen molar-refractivity contribution in [3.63, 3.8) is 0 Å². The Kier molecular flexibility index (Phi) is 5.08. The largest absolute Gasteiger partial charge is 0.388 e. The third-order valence-corrected chi connectivity index (χ3v) is 4.35. The number of nitrogens with one attached hydrogen (secondary N) is 1. The molecule has 0 aromatic rings. The first-order chi connectivity index (χ1) is 9.13. The van der Waals surface area contributed by atoms with E-state index >= 15 is 0 Å². The minimum atomic E-state index is -0.540. The van der Waals surface area contributed by atoms with Gasteiger partial charge in [0.15, 0.2) is 5.96 Å². The number of nitrogens with zero attached hydrogens (tertiary/aromatic N) is 2. The highest BCUT2D eigenvalue weighted by Gasteiger charge is 2.31. The molecule has 0 aromatic carbocycles. The van der Waals surface area contributed by atoms with E-state index in [0.29, 0.717) is 6.54 Å². The number of aliphatic imine (C=N–C) groups is 1. The molecule has 0 spiro atoms. The molecule has 2 fully saturated rings. The average Bonchev–Trinajstić information content (AvgIpc) is 2.82. The van der Waals surface area contributed by atoms with Crippen molar-refractivity contribution in [2.75, 3.05) is 26.2 Å². The summed E-state index contributed by atoms with van der Waals surface area (Å²) >= 11 is 0. The maximum atomic E-state index is 10.4. The van der Waals surface area contributed by atoms with Gasteiger partial charge >= 0.3 is 0 Å². The fourth-order valence-electron chi connectivity index (χ4n) is 3.22. The number of piperidine rings is 1. The minimum Gasteiger partial charge on any atom is -0.388 e. The quantitative estimate of drug-likeness (QED) is 0.607. The minimum absolute atomic E-state index is 0.540. The van der Waals surface area contributed by atoms with Gasteiger partial charge in [-0.3, -0.25) is 4.99 Å². The van der Waals surface area contributed by atoms with E-state index in [0.717, 1.165) is 57.2 Å². The maximum absolute atomic E-state index is 10.4. The van der Waals surface area contributed by atoms with Crippen LogP contribution in [0.1, 0.15) is 52.4 Å². The van der Waals surface area contributed by atoms with E-state index in [1.54, 1.807) is 0 Å². The zero-order valence-corrected chi connectivity index (χ0v) is 12.5. The molecule has 1 atom stereocenters. The Morgan fingerprint density at radius 3 is 2.74 bits per heavy atom. The highest BCUT2D eigenvalue weighted by molar-refractivity contribution is 5.80. The van der Waals surface area contributed by atoms with Crippen molar-refractivity contribution in [2.45, 2.75) is 58.0 Å². The zero-order chi connectivity index (χ0) is 13.7. The summed E-state index contributed by atoms with van der Waals surface area (Å²) in [6.07, 6.45) is 6.67. The van der Waals surface area contributed by atoms with Gasteiger partial charge in [0, 0.05) is 19.6 Å². The van der Waals surface area contributed by atoms with E-state index in [2.05, 4.69) is 24.1 Å². The second kappa shape index (κ2) is 6.60. The zero-order valence-electron chi connectivity index (χ0n) is 12.5. The summed E-state index contributed by atoms with van der Waals surface area (Å²) in [6.45, 7) is 8.04. The van der Waals surface area contributed by atoms with Crippen molar-refractivity contribution in [1.29, 1.82) is 0 Å². The number of hydrogen-bond donors (Lipinski definition) is 2. The predicted molar refractivity (Wildman–Crippen MR) is 79.4 cm³/mol. The number of rotatable bonds is 3. The lowest BCUT2D eigenvalue weighted by atomic mass is 10.0. The van der Waals surface area contributed by atoms with Crippen LogP contribution in [0.2, 0.25) is 0 Å². The molecular weight excluding hydrogens is 238 g/mol. The lowest BCUT2D eigenvalue weighted by molar-refractivity contribution is 0.0570. The third kappa shape index (κ3) is 4.10. The first kappa shape index (κ1) is 14.6. The summed E-state index contributed by atoms with van der Waals surface area (Å²) in [5.74, 6) is 1.74. The van der Waals surface area contributed by atoms with Crippen LogP contribution in [0.5, 0.6) is 0 Å². The van der Waals surface area contributed by atoms with Gasteiger partial charge in [-0.15, -0.1) is 0 Å². The first-order valence-corrected chi connectivity index (χ1v) is 7.88. The number of aliphatic hydroxyl groups is 1. The summed E-state index contributed by atoms with van der Waals surface area (Å²) in [6, 6.07) is 0. The highest BCUT2D eigenvalue weighted by atomic mass is 16.3. The Morgan fingerprint density at radius 2 is 2.11 bits per heavy atom. The summed E-state index contributed by atoms with van der Waals surface area (Å²) in [5, 5.41) is 13.8. The number of likely N-dealkylation sites (tertiary alicyclic amines) is 1. The number of hydrogen-bond acceptors (Lipinski definition) is 2. The van der Waals surface area contributed by atoms with Crippen molar-refractivity contribution >= 4 is 5.96 Å². The van der Waals surface area contributed by atoms with Gasteiger partial charge in [0.1, 0.15) is 0 Å². The second-order valence-corrected chi connectivity index (χ2v) is 6.30. The molecule has 19 heavy (non-hydrogen) atoms. The van der Waals surface area contributed by atoms with Crippen LogP contribution in [0.4, 0.5) is 0 Å². The van der Waals surface area contributed by atoms with Crippen molar-refractivity contribution in [2.24, 2.45) is 10.9 Å². The van der Waals surface area contributed by atoms with Crippen molar-refractivity contribution < 1.29 is 5.11 Å². The average molecular weight is 267 g/mol. The summed E-state index contributed by atoms with van der Waals surface area (Å²) in [5.41, 5.74) is -0.540. The monoisotopic (exact) mass is 267 g/mol. The third-order valence-electron chi connectivity index (χ3n) is 4.35. The van der Waals surface area contributed by atoms with Gasteiger partial charge in [-0.25, -0.2) is 0 Å². The molecule has 2 N–H and O–H groups in total. The second-order valence-electron chi connectivity index (χ2n) is 6.30. The predicted octanol–water partition coefficient (Wildman–Crippen LogP) is 1.99. The topological polar surface area (TPSA) is 47.9 Å². The molecule has 2 aliphatic rings. The molecule has 1 saturated heterocycles. The van der Waals surface area contributed by atoms with Gasteiger partial charge in [0.05, 0.1) is 12.1 Å². The molecule has 0 aromatic heterocycles. The Bertz CT molecular complexity index is 311. The van der Waals surface area contributed by atoms with Gasteiger partial charge in [-0.1, -0.05) is 19.8 Å². The summed E-state index contributed by atoms with van der Waals surface area (Å²) < 4.78 is 0. The summed E-state index contributed by atoms with van der Waals surface area (Å²) in [7, 11) is 0. The molecule has 1 saturated carbocycles. The fraction of sp³-hybridized carbons (Fsp3) is 0.933. The van der Waals surface area contributed by atoms with Crippen molar-refractivity contribution in [1.82, 2.24) is 10.2 Å². The van der Waals surface area contributed by atoms with Gasteiger partial charge in [-0.2, -0.15) is 0 Å². The first-order valence-electron chi connectivity index (χ1n) is 7.88. The Morgan fingerprint density at radius 1 is 1.37 bits per heavy atom. The molecular formula is C15H29N3O. The maximum Gasteiger partial charge on any atom is 0.194 e. The van der Waals surface area contributed by atoms with Crippen LogP contribution in [-0.2, 0) is 0 Å². The van der Waals surface area contributed by atoms with Crippen LogP contribution in [0.3, 0.4) is 0 Å². The van der Waals surface area contributed by atoms with Crippen LogP contribution in [0.25, 0.3) is 0 Å². The van der Waals surface area contributed by atoms with Crippen LogP contribution >= 0.6 is 0 Å². The van der Waals surface area contributed by atoms with Gasteiger partial charge in [-0.05, 0) is 38.5 Å². The molecule has 0 amide bonds. The van der Waals surface area contributed by atoms with E-state index in [9.17, 15) is 5.11 Å². The van der Waals surface area contributed by atoms with E-state index in [-0.39, 0.29) is 0 Å². The van der Waals surface area contributed by atoms with Gasteiger partial charge < -0.3 is 15.3 Å². The van der Waals surface area contributed by atoms with Crippen molar-refractivity contribution in [3.8, 4) is 0 Å². The Hall–Kier alpha value is -0.770. The van der Waals surface area contributed by atoms with Crippen LogP contribution < -0.4 is 5.32 Å². The van der Waals surface area contributed by atoms with Gasteiger partial charge in [0.2, 0.25) is 0 Å². The Labute approximate surface area is 117 Å². The molecule has 110 valence electrons. The molecule has 1 heterocycles. The fourth-order valence-corrected chi connectivity index (χ4v) is 3.22. The lowest BCUT2D eigenvalue weighted by Crippen LogP contribution is -2.47. The van der Waals surface area contributed by atoms with E-state index < -0.39 is 5.60 Å². The molecule has 4 nitrogen and oxygen atoms in total. The molecule has 0 radical (unpaired) electrons. The number of guanidine groups is 1. The normalized spacial score (nSPS) is 27.6. The smallest absolute Gasteiger partial charge is 0.194 e. The van der Waals surface area contributed by atoms with Crippen LogP contribution in [0, 0.1) is 5.92 Å².